The summed E-state index contributed by atoms with van der Waals surface area (Å²) in [4.78, 5) is 10.9. The van der Waals surface area contributed by atoms with Gasteiger partial charge in [0.05, 0.1) is 0 Å². The molecule has 0 unspecified atom stereocenters. The first kappa shape index (κ1) is 10.0. The van der Waals surface area contributed by atoms with Gasteiger partial charge in [-0.2, -0.15) is 0 Å². The number of rotatable bonds is 2. The first-order chi connectivity index (χ1) is 6.09. The smallest absolute Gasteiger partial charge is 0.155 e. The molecule has 0 aliphatic carbocycles. The molecule has 13 heavy (non-hydrogen) atoms. The van der Waals surface area contributed by atoms with Gasteiger partial charge < -0.3 is 0 Å². The summed E-state index contributed by atoms with van der Waals surface area (Å²) in [5.74, 6) is 0.0925. The van der Waals surface area contributed by atoms with Gasteiger partial charge in [-0.25, -0.2) is 0 Å². The summed E-state index contributed by atoms with van der Waals surface area (Å²) in [6, 6.07) is 7.38. The lowest BCUT2D eigenvalue weighted by Crippen LogP contribution is -1.90. The fourth-order valence-corrected chi connectivity index (χ4v) is 1.04. The third-order valence-corrected chi connectivity index (χ3v) is 2.06. The number of hydrogen-bond acceptors (Lipinski definition) is 1. The van der Waals surface area contributed by atoms with E-state index in [1.54, 1.807) is 26.0 Å². The van der Waals surface area contributed by atoms with Crippen LogP contribution in [0.25, 0.3) is 6.08 Å². The van der Waals surface area contributed by atoms with Gasteiger partial charge >= 0.3 is 0 Å². The molecule has 0 radical (unpaired) electrons. The van der Waals surface area contributed by atoms with E-state index in [1.165, 1.54) is 0 Å². The molecule has 0 saturated heterocycles. The Morgan fingerprint density at radius 1 is 1.23 bits per heavy atom. The highest BCUT2D eigenvalue weighted by molar-refractivity contribution is 6.30. The average molecular weight is 195 g/mol. The van der Waals surface area contributed by atoms with Crippen molar-refractivity contribution in [3.63, 3.8) is 0 Å². The number of Topliss-reactive ketones (excluding diaryl/α,β-unsaturated/α-hetero) is 1. The van der Waals surface area contributed by atoms with E-state index in [9.17, 15) is 4.79 Å². The zero-order valence-corrected chi connectivity index (χ0v) is 8.43. The van der Waals surface area contributed by atoms with Crippen molar-refractivity contribution < 1.29 is 4.79 Å². The summed E-state index contributed by atoms with van der Waals surface area (Å²) in [6.45, 7) is 3.36. The Morgan fingerprint density at radius 2 is 1.77 bits per heavy atom. The molecule has 0 fully saturated rings. The summed E-state index contributed by atoms with van der Waals surface area (Å²) in [6.07, 6.45) is 1.85. The van der Waals surface area contributed by atoms with Crippen LogP contribution in [0.2, 0.25) is 5.02 Å². The number of carbonyl (C=O) groups excluding carboxylic acids is 1. The second kappa shape index (κ2) is 4.24. The Labute approximate surface area is 83.0 Å². The molecule has 0 bridgehead atoms. The fraction of sp³-hybridized carbons (Fsp3) is 0.182. The summed E-state index contributed by atoms with van der Waals surface area (Å²) in [7, 11) is 0. The van der Waals surface area contributed by atoms with Gasteiger partial charge in [0.2, 0.25) is 0 Å². The monoisotopic (exact) mass is 194 g/mol. The van der Waals surface area contributed by atoms with E-state index < -0.39 is 0 Å². The van der Waals surface area contributed by atoms with E-state index in [-0.39, 0.29) is 5.78 Å². The first-order valence-corrected chi connectivity index (χ1v) is 4.42. The zero-order chi connectivity index (χ0) is 9.84. The molecule has 1 rings (SSSR count). The minimum Gasteiger partial charge on any atom is -0.295 e. The molecule has 1 aromatic rings. The molecule has 0 saturated carbocycles. The molecular formula is C11H11ClO. The van der Waals surface area contributed by atoms with Crippen molar-refractivity contribution >= 4 is 23.5 Å². The van der Waals surface area contributed by atoms with Crippen LogP contribution in [0.3, 0.4) is 0 Å². The largest absolute Gasteiger partial charge is 0.295 e. The fourth-order valence-electron chi connectivity index (χ4n) is 0.911. The lowest BCUT2D eigenvalue weighted by Gasteiger charge is -1.96. The number of allylic oxidation sites excluding steroid dienone is 1. The van der Waals surface area contributed by atoms with Crippen LogP contribution in [-0.4, -0.2) is 5.78 Å². The highest BCUT2D eigenvalue weighted by atomic mass is 35.5. The SMILES string of the molecule is CC(=O)/C(C)=C/c1ccc(Cl)cc1. The minimum atomic E-state index is 0.0925. The second-order valence-corrected chi connectivity index (χ2v) is 3.37. The number of ketones is 1. The Bertz CT molecular complexity index is 336. The highest BCUT2D eigenvalue weighted by Crippen LogP contribution is 2.12. The molecule has 1 nitrogen and oxygen atoms in total. The van der Waals surface area contributed by atoms with Crippen LogP contribution in [0.5, 0.6) is 0 Å². The molecule has 0 aromatic heterocycles. The molecule has 0 aliphatic rings. The summed E-state index contributed by atoms with van der Waals surface area (Å²) in [5, 5.41) is 0.706. The van der Waals surface area contributed by atoms with Gasteiger partial charge in [-0.1, -0.05) is 23.7 Å². The van der Waals surface area contributed by atoms with Crippen LogP contribution < -0.4 is 0 Å². The molecule has 68 valence electrons. The Hall–Kier alpha value is -1.08. The van der Waals surface area contributed by atoms with Crippen molar-refractivity contribution in [3.8, 4) is 0 Å². The molecule has 1 aromatic carbocycles. The van der Waals surface area contributed by atoms with E-state index >= 15 is 0 Å². The highest BCUT2D eigenvalue weighted by Gasteiger charge is 1.96. The van der Waals surface area contributed by atoms with Gasteiger partial charge in [-0.3, -0.25) is 4.79 Å². The topological polar surface area (TPSA) is 17.1 Å². The summed E-state index contributed by atoms with van der Waals surface area (Å²) < 4.78 is 0. The van der Waals surface area contributed by atoms with E-state index in [4.69, 9.17) is 11.6 Å². The number of hydrogen-bond donors (Lipinski definition) is 0. The van der Waals surface area contributed by atoms with Crippen molar-refractivity contribution in [2.24, 2.45) is 0 Å². The molecule has 0 spiro atoms. The Kier molecular flexibility index (Phi) is 3.26. The average Bonchev–Trinajstić information content (AvgIpc) is 2.08. The van der Waals surface area contributed by atoms with Gasteiger partial charge in [0, 0.05) is 5.02 Å². The van der Waals surface area contributed by atoms with E-state index in [2.05, 4.69) is 0 Å². The minimum absolute atomic E-state index is 0.0925. The summed E-state index contributed by atoms with van der Waals surface area (Å²) >= 11 is 5.72. The lowest BCUT2D eigenvalue weighted by molar-refractivity contribution is -0.113. The molecule has 0 N–H and O–H groups in total. The molecule has 0 atom stereocenters. The number of carbonyl (C=O) groups is 1. The quantitative estimate of drug-likeness (QED) is 0.660. The van der Waals surface area contributed by atoms with Crippen molar-refractivity contribution in [3.05, 3.63) is 40.4 Å². The third-order valence-electron chi connectivity index (χ3n) is 1.81. The molecular weight excluding hydrogens is 184 g/mol. The van der Waals surface area contributed by atoms with E-state index in [0.717, 1.165) is 11.1 Å². The van der Waals surface area contributed by atoms with E-state index in [0.29, 0.717) is 5.02 Å². The zero-order valence-electron chi connectivity index (χ0n) is 7.67. The van der Waals surface area contributed by atoms with Gasteiger partial charge in [-0.05, 0) is 43.2 Å². The first-order valence-electron chi connectivity index (χ1n) is 4.04. The van der Waals surface area contributed by atoms with E-state index in [1.807, 2.05) is 18.2 Å². The maximum atomic E-state index is 10.9. The predicted octanol–water partition coefficient (Wildman–Crippen LogP) is 3.33. The number of benzene rings is 1. The second-order valence-electron chi connectivity index (χ2n) is 2.94. The summed E-state index contributed by atoms with van der Waals surface area (Å²) in [5.41, 5.74) is 1.75. The van der Waals surface area contributed by atoms with Crippen molar-refractivity contribution in [2.75, 3.05) is 0 Å². The normalized spacial score (nSPS) is 11.5. The van der Waals surface area contributed by atoms with Crippen LogP contribution in [0.15, 0.2) is 29.8 Å². The number of halogens is 1. The van der Waals surface area contributed by atoms with Gasteiger partial charge in [0.25, 0.3) is 0 Å². The maximum Gasteiger partial charge on any atom is 0.155 e. The maximum absolute atomic E-state index is 10.9. The third kappa shape index (κ3) is 3.03. The Morgan fingerprint density at radius 3 is 2.23 bits per heavy atom. The van der Waals surface area contributed by atoms with Crippen molar-refractivity contribution in [1.82, 2.24) is 0 Å². The van der Waals surface area contributed by atoms with Crippen LogP contribution in [0.4, 0.5) is 0 Å². The predicted molar refractivity (Wildman–Crippen MR) is 55.8 cm³/mol. The Balaban J connectivity index is 2.92. The molecule has 0 amide bonds. The lowest BCUT2D eigenvalue weighted by atomic mass is 10.1. The van der Waals surface area contributed by atoms with Crippen LogP contribution in [0, 0.1) is 0 Å². The molecule has 0 heterocycles. The van der Waals surface area contributed by atoms with Crippen molar-refractivity contribution in [2.45, 2.75) is 13.8 Å². The van der Waals surface area contributed by atoms with Crippen LogP contribution >= 0.6 is 11.6 Å². The van der Waals surface area contributed by atoms with Crippen LogP contribution in [0.1, 0.15) is 19.4 Å². The molecule has 2 heteroatoms. The van der Waals surface area contributed by atoms with Gasteiger partial charge in [-0.15, -0.1) is 0 Å². The van der Waals surface area contributed by atoms with Crippen LogP contribution in [-0.2, 0) is 4.79 Å². The van der Waals surface area contributed by atoms with Gasteiger partial charge in [0.15, 0.2) is 5.78 Å². The standard InChI is InChI=1S/C11H11ClO/c1-8(9(2)13)7-10-3-5-11(12)6-4-10/h3-7H,1-2H3/b8-7+. The molecule has 0 aliphatic heterocycles. The van der Waals surface area contributed by atoms with Gasteiger partial charge in [0.1, 0.15) is 0 Å². The van der Waals surface area contributed by atoms with Crippen molar-refractivity contribution in [1.29, 1.82) is 0 Å².